The molecule has 0 aromatic rings. The number of nitrogens with zero attached hydrogens (tertiary/aromatic N) is 1. The quantitative estimate of drug-likeness (QED) is 0.580. The SMILES string of the molecule is C=C(C)N=C/C(=C\C)C1(CC)CC1. The molecule has 0 amide bonds. The van der Waals surface area contributed by atoms with E-state index in [2.05, 4.69) is 31.5 Å². The summed E-state index contributed by atoms with van der Waals surface area (Å²) in [5.41, 5.74) is 2.73. The number of rotatable bonds is 4. The molecule has 1 aliphatic carbocycles. The summed E-state index contributed by atoms with van der Waals surface area (Å²) in [5.74, 6) is 0. The molecule has 0 N–H and O–H groups in total. The van der Waals surface area contributed by atoms with Crippen LogP contribution in [-0.2, 0) is 0 Å². The predicted octanol–water partition coefficient (Wildman–Crippen LogP) is 3.73. The number of allylic oxidation sites excluding steroid dienone is 3. The summed E-state index contributed by atoms with van der Waals surface area (Å²) >= 11 is 0. The van der Waals surface area contributed by atoms with E-state index in [1.165, 1.54) is 24.8 Å². The largest absolute Gasteiger partial charge is 0.262 e. The first-order valence-electron chi connectivity index (χ1n) is 5.01. The van der Waals surface area contributed by atoms with Crippen molar-refractivity contribution >= 4 is 6.21 Å². The first kappa shape index (κ1) is 10.2. The standard InChI is InChI=1S/C12H19N/c1-5-11(9-13-10(3)4)12(6-2)7-8-12/h5,9H,3,6-8H2,1-2,4H3/b11-5+,13-9?. The average Bonchev–Trinajstić information content (AvgIpc) is 2.86. The van der Waals surface area contributed by atoms with Crippen LogP contribution in [0.25, 0.3) is 0 Å². The van der Waals surface area contributed by atoms with Gasteiger partial charge in [-0.3, -0.25) is 4.99 Å². The highest BCUT2D eigenvalue weighted by Crippen LogP contribution is 2.53. The second kappa shape index (κ2) is 3.91. The summed E-state index contributed by atoms with van der Waals surface area (Å²) in [6, 6.07) is 0. The summed E-state index contributed by atoms with van der Waals surface area (Å²) < 4.78 is 0. The van der Waals surface area contributed by atoms with Gasteiger partial charge in [0.2, 0.25) is 0 Å². The number of hydrogen-bond donors (Lipinski definition) is 0. The van der Waals surface area contributed by atoms with Crippen molar-refractivity contribution in [3.63, 3.8) is 0 Å². The van der Waals surface area contributed by atoms with E-state index in [4.69, 9.17) is 0 Å². The zero-order valence-corrected chi connectivity index (χ0v) is 8.93. The Bertz CT molecular complexity index is 254. The van der Waals surface area contributed by atoms with Gasteiger partial charge in [0.15, 0.2) is 0 Å². The van der Waals surface area contributed by atoms with E-state index in [1.807, 2.05) is 13.1 Å². The molecule has 1 rings (SSSR count). The molecule has 0 saturated heterocycles. The summed E-state index contributed by atoms with van der Waals surface area (Å²) in [5, 5.41) is 0. The van der Waals surface area contributed by atoms with Crippen molar-refractivity contribution in [1.29, 1.82) is 0 Å². The molecule has 13 heavy (non-hydrogen) atoms. The minimum absolute atomic E-state index is 0.466. The zero-order valence-electron chi connectivity index (χ0n) is 8.93. The van der Waals surface area contributed by atoms with Gasteiger partial charge >= 0.3 is 0 Å². The van der Waals surface area contributed by atoms with Crippen LogP contribution in [0.1, 0.15) is 40.0 Å². The lowest BCUT2D eigenvalue weighted by Crippen LogP contribution is -2.04. The van der Waals surface area contributed by atoms with Gasteiger partial charge < -0.3 is 0 Å². The molecule has 72 valence electrons. The maximum Gasteiger partial charge on any atom is 0.0305 e. The fraction of sp³-hybridized carbons (Fsp3) is 0.583. The first-order valence-corrected chi connectivity index (χ1v) is 5.01. The van der Waals surface area contributed by atoms with Gasteiger partial charge in [-0.2, -0.15) is 0 Å². The van der Waals surface area contributed by atoms with Crippen molar-refractivity contribution in [2.24, 2.45) is 10.4 Å². The van der Waals surface area contributed by atoms with Crippen LogP contribution >= 0.6 is 0 Å². The van der Waals surface area contributed by atoms with Crippen molar-refractivity contribution < 1.29 is 0 Å². The van der Waals surface area contributed by atoms with Crippen LogP contribution in [0.4, 0.5) is 0 Å². The van der Waals surface area contributed by atoms with Crippen LogP contribution in [0.3, 0.4) is 0 Å². The molecule has 1 fully saturated rings. The fourth-order valence-corrected chi connectivity index (χ4v) is 1.69. The monoisotopic (exact) mass is 177 g/mol. The van der Waals surface area contributed by atoms with Crippen LogP contribution in [-0.4, -0.2) is 6.21 Å². The van der Waals surface area contributed by atoms with Gasteiger partial charge in [-0.05, 0) is 44.1 Å². The molecule has 1 nitrogen and oxygen atoms in total. The lowest BCUT2D eigenvalue weighted by atomic mass is 9.93. The Hall–Kier alpha value is -0.850. The smallest absolute Gasteiger partial charge is 0.0305 e. The van der Waals surface area contributed by atoms with Crippen molar-refractivity contribution in [2.45, 2.75) is 40.0 Å². The Morgan fingerprint density at radius 2 is 2.15 bits per heavy atom. The molecular formula is C12H19N. The second-order valence-electron chi connectivity index (χ2n) is 3.87. The molecule has 0 unspecified atom stereocenters. The predicted molar refractivity (Wildman–Crippen MR) is 59.0 cm³/mol. The van der Waals surface area contributed by atoms with Gasteiger partial charge in [-0.1, -0.05) is 19.6 Å². The van der Waals surface area contributed by atoms with Gasteiger partial charge in [-0.15, -0.1) is 0 Å². The van der Waals surface area contributed by atoms with Gasteiger partial charge in [0.05, 0.1) is 0 Å². The Morgan fingerprint density at radius 3 is 2.46 bits per heavy atom. The summed E-state index contributed by atoms with van der Waals surface area (Å²) in [4.78, 5) is 4.26. The maximum absolute atomic E-state index is 4.26. The lowest BCUT2D eigenvalue weighted by molar-refractivity contribution is 0.606. The molecule has 0 heterocycles. The highest BCUT2D eigenvalue weighted by Gasteiger charge is 2.42. The Morgan fingerprint density at radius 1 is 1.54 bits per heavy atom. The molecule has 0 spiro atoms. The fourth-order valence-electron chi connectivity index (χ4n) is 1.69. The van der Waals surface area contributed by atoms with E-state index >= 15 is 0 Å². The van der Waals surface area contributed by atoms with E-state index in [1.54, 1.807) is 0 Å². The minimum Gasteiger partial charge on any atom is -0.262 e. The Labute approximate surface area is 81.3 Å². The van der Waals surface area contributed by atoms with Crippen molar-refractivity contribution in [3.8, 4) is 0 Å². The molecule has 0 aromatic heterocycles. The highest BCUT2D eigenvalue weighted by molar-refractivity contribution is 5.82. The van der Waals surface area contributed by atoms with E-state index in [-0.39, 0.29) is 0 Å². The summed E-state index contributed by atoms with van der Waals surface area (Å²) in [7, 11) is 0. The van der Waals surface area contributed by atoms with Crippen molar-refractivity contribution in [1.82, 2.24) is 0 Å². The second-order valence-corrected chi connectivity index (χ2v) is 3.87. The topological polar surface area (TPSA) is 12.4 Å². The van der Waals surface area contributed by atoms with Crippen molar-refractivity contribution in [2.75, 3.05) is 0 Å². The Kier molecular flexibility index (Phi) is 3.07. The van der Waals surface area contributed by atoms with E-state index in [0.717, 1.165) is 5.70 Å². The third-order valence-corrected chi connectivity index (χ3v) is 2.88. The molecule has 1 saturated carbocycles. The van der Waals surface area contributed by atoms with Crippen LogP contribution in [0.2, 0.25) is 0 Å². The van der Waals surface area contributed by atoms with Crippen LogP contribution in [0, 0.1) is 5.41 Å². The first-order chi connectivity index (χ1) is 6.14. The van der Waals surface area contributed by atoms with Gasteiger partial charge in [0.1, 0.15) is 0 Å². The van der Waals surface area contributed by atoms with Gasteiger partial charge in [0, 0.05) is 11.9 Å². The van der Waals surface area contributed by atoms with Crippen LogP contribution < -0.4 is 0 Å². The molecule has 1 heteroatoms. The normalized spacial score (nSPS) is 20.7. The molecule has 1 aliphatic rings. The highest BCUT2D eigenvalue weighted by atomic mass is 14.7. The maximum atomic E-state index is 4.26. The zero-order chi connectivity index (χ0) is 9.90. The average molecular weight is 177 g/mol. The number of aliphatic imine (C=N–C) groups is 1. The summed E-state index contributed by atoms with van der Waals surface area (Å²) in [6.45, 7) is 10.0. The molecule has 0 aliphatic heterocycles. The molecule has 0 aromatic carbocycles. The van der Waals surface area contributed by atoms with Crippen molar-refractivity contribution in [3.05, 3.63) is 23.9 Å². The Balaban J connectivity index is 2.70. The van der Waals surface area contributed by atoms with Crippen LogP contribution in [0.15, 0.2) is 28.9 Å². The summed E-state index contributed by atoms with van der Waals surface area (Å²) in [6.07, 6.45) is 8.05. The van der Waals surface area contributed by atoms with E-state index in [9.17, 15) is 0 Å². The molecule has 0 atom stereocenters. The van der Waals surface area contributed by atoms with Gasteiger partial charge in [0.25, 0.3) is 0 Å². The third kappa shape index (κ3) is 2.30. The van der Waals surface area contributed by atoms with Gasteiger partial charge in [-0.25, -0.2) is 0 Å². The van der Waals surface area contributed by atoms with E-state index in [0.29, 0.717) is 5.41 Å². The lowest BCUT2D eigenvalue weighted by Gasteiger charge is -2.12. The molecule has 0 radical (unpaired) electrons. The molecule has 0 bridgehead atoms. The minimum atomic E-state index is 0.466. The van der Waals surface area contributed by atoms with Crippen LogP contribution in [0.5, 0.6) is 0 Å². The third-order valence-electron chi connectivity index (χ3n) is 2.88. The molecular weight excluding hydrogens is 158 g/mol. The van der Waals surface area contributed by atoms with E-state index < -0.39 is 0 Å². The number of hydrogen-bond acceptors (Lipinski definition) is 1.